The third-order valence-electron chi connectivity index (χ3n) is 3.40. The molecule has 17 heavy (non-hydrogen) atoms. The molecule has 0 radical (unpaired) electrons. The number of thiophene rings is 1. The minimum absolute atomic E-state index is 0.319. The lowest BCUT2D eigenvalue weighted by molar-refractivity contribution is -0.138. The van der Waals surface area contributed by atoms with E-state index in [1.54, 1.807) is 11.3 Å². The maximum atomic E-state index is 10.7. The highest BCUT2D eigenvalue weighted by Gasteiger charge is 2.22. The molecule has 4 heteroatoms. The zero-order valence-corrected chi connectivity index (χ0v) is 11.0. The second kappa shape index (κ2) is 5.65. The maximum absolute atomic E-state index is 10.7. The van der Waals surface area contributed by atoms with E-state index >= 15 is 0 Å². The Morgan fingerprint density at radius 2 is 2.47 bits per heavy atom. The summed E-state index contributed by atoms with van der Waals surface area (Å²) in [6.45, 7) is 5.17. The third kappa shape index (κ3) is 3.54. The lowest BCUT2D eigenvalue weighted by Gasteiger charge is -2.31. The first kappa shape index (κ1) is 12.6. The van der Waals surface area contributed by atoms with Crippen LogP contribution in [-0.4, -0.2) is 29.1 Å². The lowest BCUT2D eigenvalue weighted by Crippen LogP contribution is -2.35. The predicted octanol–water partition coefficient (Wildman–Crippen LogP) is 2.74. The van der Waals surface area contributed by atoms with E-state index in [0.29, 0.717) is 12.3 Å². The van der Waals surface area contributed by atoms with E-state index in [1.807, 2.05) is 0 Å². The molecule has 1 aliphatic heterocycles. The van der Waals surface area contributed by atoms with Gasteiger partial charge in [-0.1, -0.05) is 0 Å². The van der Waals surface area contributed by atoms with E-state index in [2.05, 4.69) is 23.3 Å². The number of carbonyl (C=O) groups is 1. The number of likely N-dealkylation sites (tertiary alicyclic amines) is 1. The van der Waals surface area contributed by atoms with Crippen molar-refractivity contribution in [3.05, 3.63) is 21.9 Å². The van der Waals surface area contributed by atoms with Crippen molar-refractivity contribution < 1.29 is 9.90 Å². The van der Waals surface area contributed by atoms with Crippen LogP contribution in [0.15, 0.2) is 11.4 Å². The van der Waals surface area contributed by atoms with Crippen LogP contribution in [0, 0.1) is 12.8 Å². The Bertz CT molecular complexity index is 389. The van der Waals surface area contributed by atoms with Gasteiger partial charge in [0.25, 0.3) is 0 Å². The molecule has 2 heterocycles. The number of piperidine rings is 1. The molecule has 1 N–H and O–H groups in total. The summed E-state index contributed by atoms with van der Waals surface area (Å²) in [7, 11) is 0. The minimum Gasteiger partial charge on any atom is -0.481 e. The van der Waals surface area contributed by atoms with Gasteiger partial charge in [0.15, 0.2) is 0 Å². The van der Waals surface area contributed by atoms with Gasteiger partial charge >= 0.3 is 5.97 Å². The quantitative estimate of drug-likeness (QED) is 0.897. The van der Waals surface area contributed by atoms with E-state index in [0.717, 1.165) is 32.5 Å². The standard InChI is InChI=1S/C13H19NO2S/c1-10-4-6-17-12(10)9-14-5-2-3-11(8-14)7-13(15)16/h4,6,11H,2-3,5,7-9H2,1H3,(H,15,16). The molecule has 1 aromatic rings. The van der Waals surface area contributed by atoms with Gasteiger partial charge in [-0.25, -0.2) is 0 Å². The molecule has 0 amide bonds. The summed E-state index contributed by atoms with van der Waals surface area (Å²) >= 11 is 1.80. The van der Waals surface area contributed by atoms with Crippen LogP contribution in [0.3, 0.4) is 0 Å². The van der Waals surface area contributed by atoms with Crippen molar-refractivity contribution in [2.75, 3.05) is 13.1 Å². The zero-order valence-electron chi connectivity index (χ0n) is 10.2. The molecule has 1 saturated heterocycles. The molecule has 0 bridgehead atoms. The van der Waals surface area contributed by atoms with Crippen molar-refractivity contribution in [2.24, 2.45) is 5.92 Å². The molecule has 0 saturated carbocycles. The van der Waals surface area contributed by atoms with Crippen LogP contribution in [0.4, 0.5) is 0 Å². The van der Waals surface area contributed by atoms with E-state index in [9.17, 15) is 4.79 Å². The number of hydrogen-bond acceptors (Lipinski definition) is 3. The molecule has 0 aliphatic carbocycles. The highest BCUT2D eigenvalue weighted by atomic mass is 32.1. The van der Waals surface area contributed by atoms with Gasteiger partial charge in [-0.05, 0) is 49.2 Å². The van der Waals surface area contributed by atoms with E-state index in [1.165, 1.54) is 10.4 Å². The van der Waals surface area contributed by atoms with Crippen LogP contribution in [0.2, 0.25) is 0 Å². The van der Waals surface area contributed by atoms with Gasteiger partial charge in [0.2, 0.25) is 0 Å². The Balaban J connectivity index is 1.89. The summed E-state index contributed by atoms with van der Waals surface area (Å²) in [5.74, 6) is -0.328. The lowest BCUT2D eigenvalue weighted by atomic mass is 9.95. The molecule has 1 fully saturated rings. The van der Waals surface area contributed by atoms with Crippen LogP contribution in [0.5, 0.6) is 0 Å². The van der Waals surface area contributed by atoms with Crippen molar-refractivity contribution in [3.63, 3.8) is 0 Å². The number of aliphatic carboxylic acids is 1. The number of carboxylic acid groups (broad SMARTS) is 1. The summed E-state index contributed by atoms with van der Waals surface area (Å²) in [5.41, 5.74) is 1.36. The van der Waals surface area contributed by atoms with Crippen LogP contribution in [0.1, 0.15) is 29.7 Å². The highest BCUT2D eigenvalue weighted by Crippen LogP contribution is 2.24. The molecule has 2 rings (SSSR count). The molecular weight excluding hydrogens is 234 g/mol. The predicted molar refractivity (Wildman–Crippen MR) is 69.3 cm³/mol. The third-order valence-corrected chi connectivity index (χ3v) is 4.41. The fourth-order valence-electron chi connectivity index (χ4n) is 2.48. The summed E-state index contributed by atoms with van der Waals surface area (Å²) in [6, 6.07) is 2.15. The second-order valence-electron chi connectivity index (χ2n) is 4.87. The number of hydrogen-bond donors (Lipinski definition) is 1. The molecular formula is C13H19NO2S. The van der Waals surface area contributed by atoms with Gasteiger partial charge in [-0.15, -0.1) is 11.3 Å². The molecule has 1 aliphatic rings. The SMILES string of the molecule is Cc1ccsc1CN1CCCC(CC(=O)O)C1. The van der Waals surface area contributed by atoms with Gasteiger partial charge < -0.3 is 5.11 Å². The summed E-state index contributed by atoms with van der Waals surface area (Å²) in [6.07, 6.45) is 2.51. The largest absolute Gasteiger partial charge is 0.481 e. The Labute approximate surface area is 106 Å². The molecule has 0 spiro atoms. The fraction of sp³-hybridized carbons (Fsp3) is 0.615. The van der Waals surface area contributed by atoms with Gasteiger partial charge in [-0.3, -0.25) is 9.69 Å². The summed E-state index contributed by atoms with van der Waals surface area (Å²) in [4.78, 5) is 14.5. The van der Waals surface area contributed by atoms with E-state index in [4.69, 9.17) is 5.11 Å². The van der Waals surface area contributed by atoms with Crippen molar-refractivity contribution in [3.8, 4) is 0 Å². The fourth-order valence-corrected chi connectivity index (χ4v) is 3.43. The molecule has 1 aromatic heterocycles. The number of nitrogens with zero attached hydrogens (tertiary/aromatic N) is 1. The summed E-state index contributed by atoms with van der Waals surface area (Å²) in [5, 5.41) is 11.0. The van der Waals surface area contributed by atoms with Crippen LogP contribution in [-0.2, 0) is 11.3 Å². The first-order valence-corrected chi connectivity index (χ1v) is 7.00. The van der Waals surface area contributed by atoms with Gasteiger partial charge in [0.1, 0.15) is 0 Å². The average molecular weight is 253 g/mol. The van der Waals surface area contributed by atoms with Gasteiger partial charge in [0, 0.05) is 24.4 Å². The number of aryl methyl sites for hydroxylation is 1. The molecule has 1 atom stereocenters. The first-order chi connectivity index (χ1) is 8.15. The van der Waals surface area contributed by atoms with Crippen molar-refractivity contribution >= 4 is 17.3 Å². The first-order valence-electron chi connectivity index (χ1n) is 6.12. The van der Waals surface area contributed by atoms with Crippen LogP contribution in [0.25, 0.3) is 0 Å². The summed E-state index contributed by atoms with van der Waals surface area (Å²) < 4.78 is 0. The Morgan fingerprint density at radius 3 is 3.12 bits per heavy atom. The second-order valence-corrected chi connectivity index (χ2v) is 5.87. The van der Waals surface area contributed by atoms with Crippen molar-refractivity contribution in [1.82, 2.24) is 4.90 Å². The topological polar surface area (TPSA) is 40.5 Å². The monoisotopic (exact) mass is 253 g/mol. The van der Waals surface area contributed by atoms with Gasteiger partial charge in [-0.2, -0.15) is 0 Å². The molecule has 94 valence electrons. The Morgan fingerprint density at radius 1 is 1.65 bits per heavy atom. The highest BCUT2D eigenvalue weighted by molar-refractivity contribution is 7.10. The smallest absolute Gasteiger partial charge is 0.303 e. The van der Waals surface area contributed by atoms with Gasteiger partial charge in [0.05, 0.1) is 0 Å². The molecule has 1 unspecified atom stereocenters. The number of carboxylic acids is 1. The Kier molecular flexibility index (Phi) is 4.18. The van der Waals surface area contributed by atoms with E-state index in [-0.39, 0.29) is 0 Å². The Hall–Kier alpha value is -0.870. The number of rotatable bonds is 4. The minimum atomic E-state index is -0.663. The molecule has 3 nitrogen and oxygen atoms in total. The average Bonchev–Trinajstić information content (AvgIpc) is 2.64. The zero-order chi connectivity index (χ0) is 12.3. The maximum Gasteiger partial charge on any atom is 0.303 e. The van der Waals surface area contributed by atoms with E-state index < -0.39 is 5.97 Å². The normalized spacial score (nSPS) is 21.6. The van der Waals surface area contributed by atoms with Crippen LogP contribution >= 0.6 is 11.3 Å². The van der Waals surface area contributed by atoms with Crippen molar-refractivity contribution in [1.29, 1.82) is 0 Å². The molecule has 0 aromatic carbocycles. The van der Waals surface area contributed by atoms with Crippen molar-refractivity contribution in [2.45, 2.75) is 32.7 Å². The van der Waals surface area contributed by atoms with Crippen LogP contribution < -0.4 is 0 Å².